The Morgan fingerprint density at radius 2 is 1.21 bits per heavy atom. The first-order valence-corrected chi connectivity index (χ1v) is 9.67. The summed E-state index contributed by atoms with van der Waals surface area (Å²) in [5.41, 5.74) is 5.05. The van der Waals surface area contributed by atoms with Gasteiger partial charge in [-0.1, -0.05) is 42.5 Å². The minimum absolute atomic E-state index is 0.0579. The molecule has 0 unspecified atom stereocenters. The van der Waals surface area contributed by atoms with Gasteiger partial charge < -0.3 is 15.0 Å². The molecule has 4 nitrogen and oxygen atoms in total. The number of rotatable bonds is 0. The lowest BCUT2D eigenvalue weighted by atomic mass is 10.0. The molecule has 3 heterocycles. The van der Waals surface area contributed by atoms with Crippen LogP contribution in [-0.2, 0) is 0 Å². The second-order valence-electron chi connectivity index (χ2n) is 7.65. The molecular weight excluding hydrogens is 358 g/mol. The molecule has 0 aliphatic rings. The van der Waals surface area contributed by atoms with Crippen LogP contribution in [0.15, 0.2) is 77.6 Å². The first kappa shape index (κ1) is 14.9. The predicted molar refractivity (Wildman–Crippen MR) is 121 cm³/mol. The summed E-state index contributed by atoms with van der Waals surface area (Å²) in [4.78, 5) is 23.2. The molecule has 0 atom stereocenters. The molecule has 7 aromatic rings. The van der Waals surface area contributed by atoms with Crippen LogP contribution in [0.2, 0.25) is 0 Å². The molecule has 136 valence electrons. The lowest BCUT2D eigenvalue weighted by Gasteiger charge is -2.06. The van der Waals surface area contributed by atoms with Crippen molar-refractivity contribution in [3.63, 3.8) is 0 Å². The van der Waals surface area contributed by atoms with Crippen LogP contribution < -0.4 is 5.56 Å². The zero-order valence-electron chi connectivity index (χ0n) is 15.3. The summed E-state index contributed by atoms with van der Waals surface area (Å²) in [6, 6.07) is 24.7. The Morgan fingerprint density at radius 3 is 2.07 bits per heavy atom. The van der Waals surface area contributed by atoms with Crippen LogP contribution in [0.5, 0.6) is 0 Å². The van der Waals surface area contributed by atoms with Crippen molar-refractivity contribution in [1.29, 1.82) is 0 Å². The van der Waals surface area contributed by atoms with Gasteiger partial charge in [0.15, 0.2) is 0 Å². The summed E-state index contributed by atoms with van der Waals surface area (Å²) in [5, 5.41) is 7.13. The van der Waals surface area contributed by atoms with E-state index in [1.807, 2.05) is 30.3 Å². The molecule has 0 aliphatic carbocycles. The second-order valence-corrected chi connectivity index (χ2v) is 7.65. The van der Waals surface area contributed by atoms with Gasteiger partial charge in [-0.05, 0) is 35.7 Å². The van der Waals surface area contributed by atoms with E-state index in [1.165, 1.54) is 0 Å². The van der Waals surface area contributed by atoms with Gasteiger partial charge in [-0.25, -0.2) is 0 Å². The largest absolute Gasteiger partial charge is 0.354 e. The van der Waals surface area contributed by atoms with Crippen molar-refractivity contribution >= 4 is 65.3 Å². The molecule has 0 saturated heterocycles. The number of fused-ring (bicyclic) bond motifs is 10. The van der Waals surface area contributed by atoms with Gasteiger partial charge in [0.25, 0.3) is 5.56 Å². The third-order valence-corrected chi connectivity index (χ3v) is 6.09. The van der Waals surface area contributed by atoms with Gasteiger partial charge in [-0.15, -0.1) is 0 Å². The topological polar surface area (TPSA) is 64.4 Å². The molecule has 7 rings (SSSR count). The summed E-state index contributed by atoms with van der Waals surface area (Å²) in [7, 11) is 0. The van der Waals surface area contributed by atoms with Crippen molar-refractivity contribution in [3.05, 3.63) is 83.2 Å². The SMILES string of the molecule is O=c1[nH]c2c(ccc3[nH]c4ccccc4c32)c2cc3[nH]c4ccccc4c3cc12. The molecule has 0 radical (unpaired) electrons. The van der Waals surface area contributed by atoms with Crippen LogP contribution >= 0.6 is 0 Å². The second kappa shape index (κ2) is 5.06. The van der Waals surface area contributed by atoms with Gasteiger partial charge >= 0.3 is 0 Å². The van der Waals surface area contributed by atoms with Crippen molar-refractivity contribution < 1.29 is 0 Å². The number of H-pyrrole nitrogens is 3. The highest BCUT2D eigenvalue weighted by Gasteiger charge is 2.14. The molecule has 0 bridgehead atoms. The average Bonchev–Trinajstić information content (AvgIpc) is 3.30. The van der Waals surface area contributed by atoms with E-state index >= 15 is 0 Å². The highest BCUT2D eigenvalue weighted by atomic mass is 16.1. The fourth-order valence-electron chi connectivity index (χ4n) is 4.79. The highest BCUT2D eigenvalue weighted by Crippen LogP contribution is 2.35. The molecule has 3 aromatic heterocycles. The fraction of sp³-hybridized carbons (Fsp3) is 0. The van der Waals surface area contributed by atoms with Gasteiger partial charge in [-0.2, -0.15) is 0 Å². The highest BCUT2D eigenvalue weighted by molar-refractivity contribution is 6.24. The molecule has 0 aliphatic heterocycles. The van der Waals surface area contributed by atoms with Crippen LogP contribution in [0.4, 0.5) is 0 Å². The summed E-state index contributed by atoms with van der Waals surface area (Å²) < 4.78 is 0. The molecule has 0 amide bonds. The molecule has 3 N–H and O–H groups in total. The van der Waals surface area contributed by atoms with E-state index in [0.29, 0.717) is 5.39 Å². The lowest BCUT2D eigenvalue weighted by molar-refractivity contribution is 1.36. The summed E-state index contributed by atoms with van der Waals surface area (Å²) in [6.45, 7) is 0. The maximum atomic E-state index is 13.1. The van der Waals surface area contributed by atoms with Gasteiger partial charge in [0.2, 0.25) is 0 Å². The van der Waals surface area contributed by atoms with E-state index in [4.69, 9.17) is 0 Å². The maximum Gasteiger partial charge on any atom is 0.256 e. The number of hydrogen-bond acceptors (Lipinski definition) is 1. The Morgan fingerprint density at radius 1 is 0.483 bits per heavy atom. The van der Waals surface area contributed by atoms with E-state index in [2.05, 4.69) is 57.4 Å². The summed E-state index contributed by atoms with van der Waals surface area (Å²) in [6.07, 6.45) is 0. The predicted octanol–water partition coefficient (Wildman–Crippen LogP) is 5.95. The van der Waals surface area contributed by atoms with E-state index in [1.54, 1.807) is 0 Å². The molecule has 0 spiro atoms. The number of pyridine rings is 1. The zero-order valence-corrected chi connectivity index (χ0v) is 15.3. The fourth-order valence-corrected chi connectivity index (χ4v) is 4.79. The van der Waals surface area contributed by atoms with E-state index < -0.39 is 0 Å². The Kier molecular flexibility index (Phi) is 2.60. The minimum Gasteiger partial charge on any atom is -0.354 e. The van der Waals surface area contributed by atoms with Crippen molar-refractivity contribution in [2.45, 2.75) is 0 Å². The molecule has 29 heavy (non-hydrogen) atoms. The quantitative estimate of drug-likeness (QED) is 0.283. The number of aromatic nitrogens is 3. The molecule has 0 saturated carbocycles. The van der Waals surface area contributed by atoms with Crippen LogP contribution in [-0.4, -0.2) is 15.0 Å². The Labute approximate surface area is 163 Å². The van der Waals surface area contributed by atoms with Crippen molar-refractivity contribution in [2.24, 2.45) is 0 Å². The minimum atomic E-state index is -0.0579. The third-order valence-electron chi connectivity index (χ3n) is 6.09. The van der Waals surface area contributed by atoms with Gasteiger partial charge in [0, 0.05) is 54.4 Å². The smallest absolute Gasteiger partial charge is 0.256 e. The number of benzene rings is 4. The van der Waals surface area contributed by atoms with Gasteiger partial charge in [0.1, 0.15) is 0 Å². The Bertz CT molecular complexity index is 1830. The summed E-state index contributed by atoms with van der Waals surface area (Å²) >= 11 is 0. The molecule has 0 fully saturated rings. The van der Waals surface area contributed by atoms with E-state index in [9.17, 15) is 4.79 Å². The molecular formula is C25H15N3O. The third kappa shape index (κ3) is 1.85. The van der Waals surface area contributed by atoms with Crippen molar-refractivity contribution in [1.82, 2.24) is 15.0 Å². The van der Waals surface area contributed by atoms with Crippen LogP contribution in [0.3, 0.4) is 0 Å². The number of aromatic amines is 3. The van der Waals surface area contributed by atoms with E-state index in [0.717, 1.165) is 59.9 Å². The first-order chi connectivity index (χ1) is 14.3. The van der Waals surface area contributed by atoms with Gasteiger partial charge in [0.05, 0.1) is 5.52 Å². The van der Waals surface area contributed by atoms with Gasteiger partial charge in [-0.3, -0.25) is 4.79 Å². The van der Waals surface area contributed by atoms with Crippen molar-refractivity contribution in [3.8, 4) is 0 Å². The zero-order chi connectivity index (χ0) is 19.1. The standard InChI is InChI=1S/C25H15N3O/c29-25-18-11-17-13-5-1-3-7-19(13)27-22(17)12-16(18)14-9-10-21-23(24(14)28-25)15-6-2-4-8-20(15)26-21/h1-12,26-27H,(H,28,29). The monoisotopic (exact) mass is 373 g/mol. The van der Waals surface area contributed by atoms with E-state index in [-0.39, 0.29) is 5.56 Å². The van der Waals surface area contributed by atoms with Crippen molar-refractivity contribution in [2.75, 3.05) is 0 Å². The maximum absolute atomic E-state index is 13.1. The number of para-hydroxylation sites is 2. The summed E-state index contributed by atoms with van der Waals surface area (Å²) in [5.74, 6) is 0. The normalized spacial score (nSPS) is 12.3. The lowest BCUT2D eigenvalue weighted by Crippen LogP contribution is -2.06. The number of hydrogen-bond donors (Lipinski definition) is 3. The first-order valence-electron chi connectivity index (χ1n) is 9.67. The Hall–Kier alpha value is -4.05. The van der Waals surface area contributed by atoms with Crippen LogP contribution in [0.25, 0.3) is 65.3 Å². The Balaban J connectivity index is 1.73. The number of nitrogens with one attached hydrogen (secondary N) is 3. The van der Waals surface area contributed by atoms with Crippen LogP contribution in [0, 0.1) is 0 Å². The van der Waals surface area contributed by atoms with Crippen LogP contribution in [0.1, 0.15) is 0 Å². The molecule has 4 aromatic carbocycles. The molecule has 4 heteroatoms. The average molecular weight is 373 g/mol.